The van der Waals surface area contributed by atoms with E-state index in [1.165, 1.54) is 31.4 Å². The first kappa shape index (κ1) is 13.8. The lowest BCUT2D eigenvalue weighted by molar-refractivity contribution is -0.384. The third kappa shape index (κ3) is 3.23. The molecule has 5 nitrogen and oxygen atoms in total. The van der Waals surface area contributed by atoms with Gasteiger partial charge >= 0.3 is 0 Å². The molecule has 0 aromatic heterocycles. The molecule has 0 atom stereocenters. The summed E-state index contributed by atoms with van der Waals surface area (Å²) in [6.07, 6.45) is 0. The average molecular weight is 276 g/mol. The largest absolute Gasteiger partial charge is 0.497 e. The van der Waals surface area contributed by atoms with Gasteiger partial charge in [0.1, 0.15) is 17.3 Å². The zero-order valence-electron chi connectivity index (χ0n) is 10.8. The van der Waals surface area contributed by atoms with E-state index in [1.54, 1.807) is 18.2 Å². The van der Waals surface area contributed by atoms with E-state index < -0.39 is 4.92 Å². The van der Waals surface area contributed by atoms with Crippen molar-refractivity contribution in [1.29, 1.82) is 0 Å². The fourth-order valence-electron chi connectivity index (χ4n) is 1.74. The normalized spacial score (nSPS) is 10.1. The van der Waals surface area contributed by atoms with Crippen molar-refractivity contribution in [1.82, 2.24) is 0 Å². The topological polar surface area (TPSA) is 64.4 Å². The molecule has 0 saturated heterocycles. The van der Waals surface area contributed by atoms with Gasteiger partial charge < -0.3 is 10.1 Å². The number of benzene rings is 2. The van der Waals surface area contributed by atoms with Crippen LogP contribution in [0, 0.1) is 15.9 Å². The number of nitrogens with one attached hydrogen (secondary N) is 1. The Kier molecular flexibility index (Phi) is 4.14. The van der Waals surface area contributed by atoms with E-state index in [0.717, 1.165) is 5.56 Å². The van der Waals surface area contributed by atoms with Gasteiger partial charge in [-0.2, -0.15) is 0 Å². The van der Waals surface area contributed by atoms with Gasteiger partial charge in [0.2, 0.25) is 0 Å². The monoisotopic (exact) mass is 276 g/mol. The molecule has 0 spiro atoms. The first-order chi connectivity index (χ1) is 9.60. The third-order valence-corrected chi connectivity index (χ3v) is 2.80. The predicted octanol–water partition coefficient (Wildman–Crippen LogP) is 3.35. The van der Waals surface area contributed by atoms with E-state index in [0.29, 0.717) is 18.0 Å². The van der Waals surface area contributed by atoms with Gasteiger partial charge in [-0.25, -0.2) is 4.39 Å². The van der Waals surface area contributed by atoms with Gasteiger partial charge in [0.25, 0.3) is 5.69 Å². The number of anilines is 1. The smallest absolute Gasteiger partial charge is 0.292 e. The average Bonchev–Trinajstić information content (AvgIpc) is 2.46. The molecule has 0 aliphatic heterocycles. The molecule has 1 N–H and O–H groups in total. The number of rotatable bonds is 5. The summed E-state index contributed by atoms with van der Waals surface area (Å²) in [6, 6.07) is 10.4. The quantitative estimate of drug-likeness (QED) is 0.671. The molecule has 0 aliphatic rings. The van der Waals surface area contributed by atoms with Gasteiger partial charge in [-0.15, -0.1) is 0 Å². The molecule has 0 bridgehead atoms. The van der Waals surface area contributed by atoms with Crippen LogP contribution in [0.1, 0.15) is 5.56 Å². The molecule has 0 radical (unpaired) electrons. The summed E-state index contributed by atoms with van der Waals surface area (Å²) in [5.41, 5.74) is 1.15. The molecule has 0 saturated carbocycles. The van der Waals surface area contributed by atoms with Gasteiger partial charge in [0.15, 0.2) is 0 Å². The van der Waals surface area contributed by atoms with Crippen LogP contribution in [0.15, 0.2) is 42.5 Å². The van der Waals surface area contributed by atoms with E-state index in [2.05, 4.69) is 5.32 Å². The highest BCUT2D eigenvalue weighted by atomic mass is 19.1. The molecule has 0 amide bonds. The molecular formula is C14H13FN2O3. The maximum atomic E-state index is 12.8. The van der Waals surface area contributed by atoms with Crippen LogP contribution in [0.2, 0.25) is 0 Å². The molecule has 2 rings (SSSR count). The molecular weight excluding hydrogens is 263 g/mol. The second-order valence-corrected chi connectivity index (χ2v) is 4.12. The lowest BCUT2D eigenvalue weighted by atomic mass is 10.2. The van der Waals surface area contributed by atoms with Crippen molar-refractivity contribution in [2.24, 2.45) is 0 Å². The Bertz CT molecular complexity index is 614. The van der Waals surface area contributed by atoms with Crippen molar-refractivity contribution in [3.8, 4) is 5.75 Å². The Morgan fingerprint density at radius 3 is 2.55 bits per heavy atom. The summed E-state index contributed by atoms with van der Waals surface area (Å²) in [5, 5.41) is 13.9. The summed E-state index contributed by atoms with van der Waals surface area (Å²) >= 11 is 0. The number of hydrogen-bond donors (Lipinski definition) is 1. The third-order valence-electron chi connectivity index (χ3n) is 2.80. The van der Waals surface area contributed by atoms with E-state index in [1.807, 2.05) is 0 Å². The van der Waals surface area contributed by atoms with E-state index >= 15 is 0 Å². The minimum atomic E-state index is -0.466. The molecule has 2 aromatic carbocycles. The van der Waals surface area contributed by atoms with Crippen LogP contribution >= 0.6 is 0 Å². The molecule has 2 aromatic rings. The van der Waals surface area contributed by atoms with E-state index in [-0.39, 0.29) is 11.5 Å². The summed E-state index contributed by atoms with van der Waals surface area (Å²) in [4.78, 5) is 10.5. The summed E-state index contributed by atoms with van der Waals surface area (Å²) in [6.45, 7) is 0.355. The van der Waals surface area contributed by atoms with Gasteiger partial charge in [-0.05, 0) is 23.8 Å². The standard InChI is InChI=1S/C14H13FN2O3/c1-20-12-6-7-14(17(18)19)13(8-12)16-9-10-2-4-11(15)5-3-10/h2-8,16H,9H2,1H3. The SMILES string of the molecule is COc1ccc([N+](=O)[O-])c(NCc2ccc(F)cc2)c1. The Balaban J connectivity index is 2.18. The molecule has 0 unspecified atom stereocenters. The summed E-state index contributed by atoms with van der Waals surface area (Å²) in [5.74, 6) is 0.207. The fraction of sp³-hybridized carbons (Fsp3) is 0.143. The Morgan fingerprint density at radius 1 is 1.25 bits per heavy atom. The van der Waals surface area contributed by atoms with Crippen LogP contribution in [-0.2, 0) is 6.54 Å². The summed E-state index contributed by atoms with van der Waals surface area (Å²) in [7, 11) is 1.49. The van der Waals surface area contributed by atoms with Crippen LogP contribution in [0.5, 0.6) is 5.75 Å². The highest BCUT2D eigenvalue weighted by Crippen LogP contribution is 2.29. The second kappa shape index (κ2) is 6.01. The van der Waals surface area contributed by atoms with Crippen molar-refractivity contribution in [3.63, 3.8) is 0 Å². The number of hydrogen-bond acceptors (Lipinski definition) is 4. The zero-order chi connectivity index (χ0) is 14.5. The molecule has 0 aliphatic carbocycles. The molecule has 20 heavy (non-hydrogen) atoms. The van der Waals surface area contributed by atoms with E-state index in [9.17, 15) is 14.5 Å². The maximum absolute atomic E-state index is 12.8. The lowest BCUT2D eigenvalue weighted by Crippen LogP contribution is -2.03. The minimum absolute atomic E-state index is 0.0343. The Hall–Kier alpha value is -2.63. The van der Waals surface area contributed by atoms with Gasteiger partial charge in [0.05, 0.1) is 12.0 Å². The Morgan fingerprint density at radius 2 is 1.95 bits per heavy atom. The Labute approximate surface area is 115 Å². The molecule has 6 heteroatoms. The minimum Gasteiger partial charge on any atom is -0.497 e. The highest BCUT2D eigenvalue weighted by Gasteiger charge is 2.14. The number of halogens is 1. The van der Waals surface area contributed by atoms with Gasteiger partial charge in [-0.1, -0.05) is 12.1 Å². The number of nitro benzene ring substituents is 1. The molecule has 104 valence electrons. The van der Waals surface area contributed by atoms with Crippen molar-refractivity contribution in [2.75, 3.05) is 12.4 Å². The van der Waals surface area contributed by atoms with Gasteiger partial charge in [0, 0.05) is 18.7 Å². The van der Waals surface area contributed by atoms with Crippen molar-refractivity contribution in [2.45, 2.75) is 6.54 Å². The van der Waals surface area contributed by atoms with Gasteiger partial charge in [-0.3, -0.25) is 10.1 Å². The first-order valence-corrected chi connectivity index (χ1v) is 5.91. The zero-order valence-corrected chi connectivity index (χ0v) is 10.8. The molecule has 0 fully saturated rings. The second-order valence-electron chi connectivity index (χ2n) is 4.12. The number of nitro groups is 1. The van der Waals surface area contributed by atoms with Crippen LogP contribution < -0.4 is 10.1 Å². The lowest BCUT2D eigenvalue weighted by Gasteiger charge is -2.09. The van der Waals surface area contributed by atoms with E-state index in [4.69, 9.17) is 4.74 Å². The highest BCUT2D eigenvalue weighted by molar-refractivity contribution is 5.64. The number of methoxy groups -OCH3 is 1. The number of ether oxygens (including phenoxy) is 1. The predicted molar refractivity (Wildman–Crippen MR) is 73.4 cm³/mol. The summed E-state index contributed by atoms with van der Waals surface area (Å²) < 4.78 is 17.8. The first-order valence-electron chi connectivity index (χ1n) is 5.91. The van der Waals surface area contributed by atoms with Crippen LogP contribution in [-0.4, -0.2) is 12.0 Å². The fourth-order valence-corrected chi connectivity index (χ4v) is 1.74. The van der Waals surface area contributed by atoms with Crippen LogP contribution in [0.3, 0.4) is 0 Å². The van der Waals surface area contributed by atoms with Crippen molar-refractivity contribution >= 4 is 11.4 Å². The van der Waals surface area contributed by atoms with Crippen LogP contribution in [0.25, 0.3) is 0 Å². The maximum Gasteiger partial charge on any atom is 0.292 e. The molecule has 0 heterocycles. The number of nitrogens with zero attached hydrogens (tertiary/aromatic N) is 1. The van der Waals surface area contributed by atoms with Crippen molar-refractivity contribution in [3.05, 3.63) is 64.0 Å². The van der Waals surface area contributed by atoms with Crippen LogP contribution in [0.4, 0.5) is 15.8 Å². The van der Waals surface area contributed by atoms with Crippen molar-refractivity contribution < 1.29 is 14.1 Å².